The van der Waals surface area contributed by atoms with Gasteiger partial charge in [-0.1, -0.05) is 126 Å². The smallest absolute Gasteiger partial charge is 0.0799 e. The third kappa shape index (κ3) is 8.03. The first-order valence-electron chi connectivity index (χ1n) is 17.1. The molecule has 2 nitrogen and oxygen atoms in total. The van der Waals surface area contributed by atoms with Crippen molar-refractivity contribution in [3.8, 4) is 33.6 Å². The largest absolute Gasteiger partial charge is 0.305 e. The van der Waals surface area contributed by atoms with Gasteiger partial charge in [-0.15, -0.1) is 59.7 Å². The van der Waals surface area contributed by atoms with Crippen LogP contribution >= 0.6 is 11.3 Å². The summed E-state index contributed by atoms with van der Waals surface area (Å²) in [4.78, 5) is 9.31. The quantitative estimate of drug-likeness (QED) is 0.127. The molecule has 1 radical (unpaired) electrons. The molecular weight excluding hydrogens is 809 g/mol. The number of hydrogen-bond donors (Lipinski definition) is 0. The van der Waals surface area contributed by atoms with Gasteiger partial charge in [0.15, 0.2) is 0 Å². The monoisotopic (exact) mass is 854 g/mol. The van der Waals surface area contributed by atoms with Crippen LogP contribution in [0.4, 0.5) is 0 Å². The van der Waals surface area contributed by atoms with E-state index in [0.717, 1.165) is 28.1 Å². The third-order valence-electron chi connectivity index (χ3n) is 8.66. The SMILES string of the molecule is CC(C)(C)c1ccnc(-c2[c-]ccc3c2sc2c(-c4ccccc4)cccc23)c1.[2H]C(C)(C)c1cc(-c2[c-]cccc2)ncc1[Si](C)(C)C.[Ir]. The summed E-state index contributed by atoms with van der Waals surface area (Å²) < 4.78 is 11.0. The van der Waals surface area contributed by atoms with Gasteiger partial charge >= 0.3 is 0 Å². The molecular formula is C44H44IrN2SSi-2. The molecule has 0 aliphatic carbocycles. The van der Waals surface area contributed by atoms with Gasteiger partial charge in [0.1, 0.15) is 0 Å². The average molecular weight is 854 g/mol. The van der Waals surface area contributed by atoms with E-state index < -0.39 is 14.0 Å². The number of fused-ring (bicyclic) bond motifs is 3. The Morgan fingerprint density at radius 2 is 1.49 bits per heavy atom. The van der Waals surface area contributed by atoms with Crippen LogP contribution in [-0.2, 0) is 25.5 Å². The normalized spacial score (nSPS) is 12.2. The van der Waals surface area contributed by atoms with Gasteiger partial charge in [-0.2, -0.15) is 11.3 Å². The van der Waals surface area contributed by atoms with E-state index in [-0.39, 0.29) is 25.5 Å². The molecule has 4 aromatic carbocycles. The second-order valence-electron chi connectivity index (χ2n) is 14.6. The van der Waals surface area contributed by atoms with E-state index in [1.165, 1.54) is 42.0 Å². The zero-order valence-electron chi connectivity index (χ0n) is 30.6. The molecule has 0 amide bonds. The fourth-order valence-electron chi connectivity index (χ4n) is 6.00. The molecule has 0 atom stereocenters. The molecule has 0 unspecified atom stereocenters. The number of rotatable bonds is 5. The fraction of sp³-hybridized carbons (Fsp3) is 0.227. The molecule has 0 N–H and O–H groups in total. The molecule has 0 saturated heterocycles. The Balaban J connectivity index is 0.000000204. The van der Waals surface area contributed by atoms with E-state index in [2.05, 4.69) is 130 Å². The maximum atomic E-state index is 8.44. The zero-order chi connectivity index (χ0) is 35.0. The van der Waals surface area contributed by atoms with Crippen LogP contribution in [0, 0.1) is 12.1 Å². The minimum atomic E-state index is -1.50. The minimum Gasteiger partial charge on any atom is -0.305 e. The van der Waals surface area contributed by atoms with E-state index in [1.807, 2.05) is 67.9 Å². The van der Waals surface area contributed by atoms with E-state index >= 15 is 0 Å². The minimum absolute atomic E-state index is 0. The van der Waals surface area contributed by atoms with Crippen LogP contribution in [0.1, 0.15) is 53.0 Å². The van der Waals surface area contributed by atoms with Crippen molar-refractivity contribution in [1.29, 1.82) is 0 Å². The summed E-state index contributed by atoms with van der Waals surface area (Å²) in [6.45, 7) is 17.5. The number of thiophene rings is 1. The van der Waals surface area contributed by atoms with Gasteiger partial charge in [0, 0.05) is 38.6 Å². The Labute approximate surface area is 312 Å². The van der Waals surface area contributed by atoms with E-state index in [4.69, 9.17) is 6.35 Å². The van der Waals surface area contributed by atoms with Crippen molar-refractivity contribution in [2.24, 2.45) is 0 Å². The van der Waals surface area contributed by atoms with Crippen molar-refractivity contribution in [2.75, 3.05) is 0 Å². The molecule has 7 rings (SSSR count). The molecule has 3 aromatic heterocycles. The molecule has 5 heteroatoms. The van der Waals surface area contributed by atoms with Crippen LogP contribution in [0.25, 0.3) is 53.8 Å². The van der Waals surface area contributed by atoms with Gasteiger partial charge in [0.05, 0.1) is 8.07 Å². The van der Waals surface area contributed by atoms with Crippen molar-refractivity contribution >= 4 is 44.8 Å². The number of hydrogen-bond acceptors (Lipinski definition) is 3. The predicted octanol–water partition coefficient (Wildman–Crippen LogP) is 12.1. The number of aromatic nitrogens is 2. The topological polar surface area (TPSA) is 25.8 Å². The summed E-state index contributed by atoms with van der Waals surface area (Å²) in [6, 6.07) is 42.4. The van der Waals surface area contributed by atoms with Crippen LogP contribution in [0.2, 0.25) is 19.6 Å². The first-order chi connectivity index (χ1) is 23.2. The van der Waals surface area contributed by atoms with E-state index in [0.29, 0.717) is 0 Å². The first kappa shape index (κ1) is 35.1. The van der Waals surface area contributed by atoms with E-state index in [1.54, 1.807) is 0 Å². The van der Waals surface area contributed by atoms with Crippen LogP contribution < -0.4 is 5.19 Å². The molecule has 251 valence electrons. The second kappa shape index (κ2) is 15.0. The van der Waals surface area contributed by atoms with Crippen molar-refractivity contribution in [2.45, 2.75) is 65.6 Å². The Morgan fingerprint density at radius 3 is 2.16 bits per heavy atom. The van der Waals surface area contributed by atoms with Gasteiger partial charge in [-0.3, -0.25) is 0 Å². The summed E-state index contributed by atoms with van der Waals surface area (Å²) in [7, 11) is -1.50. The number of benzene rings is 4. The number of nitrogens with zero attached hydrogens (tertiary/aromatic N) is 2. The molecule has 0 saturated carbocycles. The van der Waals surface area contributed by atoms with Crippen LogP contribution in [0.5, 0.6) is 0 Å². The predicted molar refractivity (Wildman–Crippen MR) is 211 cm³/mol. The maximum Gasteiger partial charge on any atom is 0.0799 e. The number of pyridine rings is 2. The summed E-state index contributed by atoms with van der Waals surface area (Å²) in [5, 5.41) is 3.85. The van der Waals surface area contributed by atoms with Gasteiger partial charge in [-0.05, 0) is 60.7 Å². The van der Waals surface area contributed by atoms with Crippen molar-refractivity contribution in [3.05, 3.63) is 139 Å². The Hall–Kier alpha value is -3.73. The van der Waals surface area contributed by atoms with E-state index in [9.17, 15) is 0 Å². The average Bonchev–Trinajstić information content (AvgIpc) is 3.47. The fourth-order valence-corrected chi connectivity index (χ4v) is 8.92. The van der Waals surface area contributed by atoms with Crippen LogP contribution in [0.15, 0.2) is 116 Å². The molecule has 49 heavy (non-hydrogen) atoms. The van der Waals surface area contributed by atoms with Gasteiger partial charge in [0.25, 0.3) is 0 Å². The second-order valence-corrected chi connectivity index (χ2v) is 20.6. The van der Waals surface area contributed by atoms with Gasteiger partial charge < -0.3 is 9.97 Å². The summed E-state index contributed by atoms with van der Waals surface area (Å²) >= 11 is 1.85. The standard InChI is InChI=1S/C27H22NS.C17H22NSi.Ir/c1-27(2,3)19-15-16-28-24(17-19)23-14-8-13-22-21-12-7-11-20(25(21)29-26(22)23)18-9-5-4-6-10-18;1-13(2)15-11-16(14-9-7-6-8-10-14)18-12-17(15)19(3,4)5;/h4-13,15-17H,1-3H3;6-9,11-13H,1-5H3;/q2*-1;/i;13D;. The molecule has 0 fully saturated rings. The van der Waals surface area contributed by atoms with Crippen LogP contribution in [-0.4, -0.2) is 18.0 Å². The van der Waals surface area contributed by atoms with Crippen LogP contribution in [0.3, 0.4) is 0 Å². The molecule has 0 aliphatic heterocycles. The molecule has 0 bridgehead atoms. The van der Waals surface area contributed by atoms with Crippen molar-refractivity contribution in [3.63, 3.8) is 0 Å². The Bertz CT molecular complexity index is 2230. The third-order valence-corrected chi connectivity index (χ3v) is 11.9. The van der Waals surface area contributed by atoms with Crippen molar-refractivity contribution in [1.82, 2.24) is 9.97 Å². The Morgan fingerprint density at radius 1 is 0.755 bits per heavy atom. The zero-order valence-corrected chi connectivity index (χ0v) is 33.8. The molecule has 3 heterocycles. The molecule has 0 aliphatic rings. The summed E-state index contributed by atoms with van der Waals surface area (Å²) in [6.07, 6.45) is 3.90. The summed E-state index contributed by atoms with van der Waals surface area (Å²) in [5.74, 6) is -0.609. The molecule has 7 aromatic rings. The van der Waals surface area contributed by atoms with Crippen molar-refractivity contribution < 1.29 is 21.5 Å². The first-order valence-corrected chi connectivity index (χ1v) is 20.9. The molecule has 0 spiro atoms. The summed E-state index contributed by atoms with van der Waals surface area (Å²) in [5.41, 5.74) is 8.99. The van der Waals surface area contributed by atoms with Gasteiger partial charge in [-0.25, -0.2) is 0 Å². The Kier molecular flexibility index (Phi) is 10.8. The maximum absolute atomic E-state index is 8.44. The van der Waals surface area contributed by atoms with Gasteiger partial charge in [0.2, 0.25) is 0 Å².